The lowest BCUT2D eigenvalue weighted by Crippen LogP contribution is -2.39. The third-order valence-corrected chi connectivity index (χ3v) is 7.16. The zero-order chi connectivity index (χ0) is 21.2. The van der Waals surface area contributed by atoms with Crippen molar-refractivity contribution in [2.75, 3.05) is 25.0 Å². The van der Waals surface area contributed by atoms with Gasteiger partial charge in [0.05, 0.1) is 23.5 Å². The number of rotatable bonds is 8. The van der Waals surface area contributed by atoms with Gasteiger partial charge in [-0.05, 0) is 67.6 Å². The topological polar surface area (TPSA) is 93.7 Å². The lowest BCUT2D eigenvalue weighted by molar-refractivity contribution is -0.124. The summed E-state index contributed by atoms with van der Waals surface area (Å²) in [7, 11) is -2.18. The maximum absolute atomic E-state index is 12.7. The molecule has 0 aromatic heterocycles. The molecule has 1 aliphatic carbocycles. The van der Waals surface area contributed by atoms with Crippen LogP contribution in [0.1, 0.15) is 31.2 Å². The van der Waals surface area contributed by atoms with Crippen molar-refractivity contribution in [3.8, 4) is 5.75 Å². The Labute approximate surface area is 176 Å². The Bertz CT molecular complexity index is 993. The second-order valence-corrected chi connectivity index (χ2v) is 9.47. The molecule has 1 aliphatic heterocycles. The summed E-state index contributed by atoms with van der Waals surface area (Å²) in [6.45, 7) is 1.31. The fraction of sp³-hybridized carbons (Fsp3) is 0.409. The van der Waals surface area contributed by atoms with Gasteiger partial charge >= 0.3 is 0 Å². The van der Waals surface area contributed by atoms with Gasteiger partial charge in [0.15, 0.2) is 0 Å². The Morgan fingerprint density at radius 2 is 1.83 bits per heavy atom. The van der Waals surface area contributed by atoms with Crippen molar-refractivity contribution in [3.05, 3.63) is 54.1 Å². The van der Waals surface area contributed by atoms with Crippen molar-refractivity contribution in [2.45, 2.75) is 42.1 Å². The van der Waals surface area contributed by atoms with Crippen LogP contribution < -0.4 is 14.8 Å². The summed E-state index contributed by atoms with van der Waals surface area (Å²) < 4.78 is 38.4. The quantitative estimate of drug-likeness (QED) is 0.672. The second kappa shape index (κ2) is 8.28. The SMILES string of the molecule is COc1ccc(S(=O)(=O)Nc2ccc(C3(C(=O)NC[C@@H]4CCCO4)CC3)cc2)cc1. The molecule has 8 heteroatoms. The van der Waals surface area contributed by atoms with E-state index in [0.717, 1.165) is 37.9 Å². The minimum absolute atomic E-state index is 0.0181. The first-order valence-electron chi connectivity index (χ1n) is 10.1. The number of hydrogen-bond acceptors (Lipinski definition) is 5. The Balaban J connectivity index is 1.41. The molecule has 0 unspecified atom stereocenters. The summed E-state index contributed by atoms with van der Waals surface area (Å²) in [5.74, 6) is 0.607. The normalized spacial score (nSPS) is 19.8. The highest BCUT2D eigenvalue weighted by molar-refractivity contribution is 7.92. The molecule has 1 saturated carbocycles. The van der Waals surface area contributed by atoms with Gasteiger partial charge in [-0.1, -0.05) is 12.1 Å². The molecule has 2 aromatic rings. The maximum Gasteiger partial charge on any atom is 0.261 e. The molecule has 7 nitrogen and oxygen atoms in total. The summed E-state index contributed by atoms with van der Waals surface area (Å²) in [6.07, 6.45) is 3.72. The molecule has 2 aliphatic rings. The minimum Gasteiger partial charge on any atom is -0.497 e. The summed E-state index contributed by atoms with van der Waals surface area (Å²) >= 11 is 0. The highest BCUT2D eigenvalue weighted by Gasteiger charge is 2.51. The standard InChI is InChI=1S/C22H26N2O5S/c1-28-18-8-10-20(11-9-18)30(26,27)24-17-6-4-16(5-7-17)22(12-13-22)21(25)23-15-19-3-2-14-29-19/h4-11,19,24H,2-3,12-15H2,1H3,(H,23,25)/t19-/m0/s1. The summed E-state index contributed by atoms with van der Waals surface area (Å²) in [4.78, 5) is 12.9. The smallest absolute Gasteiger partial charge is 0.261 e. The van der Waals surface area contributed by atoms with Gasteiger partial charge in [0, 0.05) is 18.8 Å². The third-order valence-electron chi connectivity index (χ3n) is 5.76. The van der Waals surface area contributed by atoms with Crippen molar-refractivity contribution >= 4 is 21.6 Å². The van der Waals surface area contributed by atoms with Crippen LogP contribution in [-0.4, -0.2) is 40.7 Å². The molecule has 2 N–H and O–H groups in total. The Hall–Kier alpha value is -2.58. The second-order valence-electron chi connectivity index (χ2n) is 7.79. The third kappa shape index (κ3) is 4.29. The van der Waals surface area contributed by atoms with E-state index in [9.17, 15) is 13.2 Å². The molecule has 30 heavy (non-hydrogen) atoms. The number of sulfonamides is 1. The van der Waals surface area contributed by atoms with E-state index >= 15 is 0 Å². The van der Waals surface area contributed by atoms with Gasteiger partial charge in [0.2, 0.25) is 5.91 Å². The molecule has 1 atom stereocenters. The molecule has 160 valence electrons. The van der Waals surface area contributed by atoms with E-state index in [2.05, 4.69) is 10.0 Å². The van der Waals surface area contributed by atoms with E-state index in [1.54, 1.807) is 24.3 Å². The Morgan fingerprint density at radius 1 is 1.13 bits per heavy atom. The number of hydrogen-bond donors (Lipinski definition) is 2. The van der Waals surface area contributed by atoms with Crippen molar-refractivity contribution in [2.24, 2.45) is 0 Å². The van der Waals surface area contributed by atoms with Crippen molar-refractivity contribution in [3.63, 3.8) is 0 Å². The summed E-state index contributed by atoms with van der Waals surface area (Å²) in [6, 6.07) is 13.2. The van der Waals surface area contributed by atoms with Gasteiger partial charge in [0.25, 0.3) is 10.0 Å². The first kappa shape index (κ1) is 20.7. The Kier molecular flexibility index (Phi) is 5.71. The van der Waals surface area contributed by atoms with E-state index < -0.39 is 15.4 Å². The molecule has 1 amide bonds. The molecule has 1 saturated heterocycles. The van der Waals surface area contributed by atoms with Gasteiger partial charge in [0.1, 0.15) is 5.75 Å². The molecular formula is C22H26N2O5S. The number of carbonyl (C=O) groups excluding carboxylic acids is 1. The van der Waals surface area contributed by atoms with E-state index in [1.807, 2.05) is 12.1 Å². The number of ether oxygens (including phenoxy) is 2. The lowest BCUT2D eigenvalue weighted by atomic mass is 9.94. The molecule has 0 spiro atoms. The van der Waals surface area contributed by atoms with Crippen molar-refractivity contribution < 1.29 is 22.7 Å². The van der Waals surface area contributed by atoms with E-state index in [-0.39, 0.29) is 16.9 Å². The molecular weight excluding hydrogens is 404 g/mol. The Morgan fingerprint density at radius 3 is 2.40 bits per heavy atom. The van der Waals surface area contributed by atoms with Crippen LogP contribution >= 0.6 is 0 Å². The van der Waals surface area contributed by atoms with Gasteiger partial charge in [-0.25, -0.2) is 8.42 Å². The van der Waals surface area contributed by atoms with Gasteiger partial charge < -0.3 is 14.8 Å². The molecule has 1 heterocycles. The molecule has 0 radical (unpaired) electrons. The van der Waals surface area contributed by atoms with Crippen molar-refractivity contribution in [1.82, 2.24) is 5.32 Å². The molecule has 2 aromatic carbocycles. The van der Waals surface area contributed by atoms with Crippen LogP contribution in [0.25, 0.3) is 0 Å². The van der Waals surface area contributed by atoms with Gasteiger partial charge in [-0.3, -0.25) is 9.52 Å². The highest BCUT2D eigenvalue weighted by atomic mass is 32.2. The van der Waals surface area contributed by atoms with Crippen LogP contribution in [0, 0.1) is 0 Å². The number of carbonyl (C=O) groups is 1. The van der Waals surface area contributed by atoms with Crippen molar-refractivity contribution in [1.29, 1.82) is 0 Å². The number of benzene rings is 2. The zero-order valence-electron chi connectivity index (χ0n) is 16.9. The summed E-state index contributed by atoms with van der Waals surface area (Å²) in [5, 5.41) is 3.02. The molecule has 2 fully saturated rings. The summed E-state index contributed by atoms with van der Waals surface area (Å²) in [5.41, 5.74) is 0.844. The predicted octanol–water partition coefficient (Wildman–Crippen LogP) is 2.82. The monoisotopic (exact) mass is 430 g/mol. The van der Waals surface area contributed by atoms with Crippen LogP contribution in [0.4, 0.5) is 5.69 Å². The predicted molar refractivity (Wildman–Crippen MR) is 113 cm³/mol. The van der Waals surface area contributed by atoms with E-state index in [0.29, 0.717) is 18.0 Å². The minimum atomic E-state index is -3.70. The van der Waals surface area contributed by atoms with Gasteiger partial charge in [-0.2, -0.15) is 0 Å². The fourth-order valence-electron chi connectivity index (χ4n) is 3.78. The molecule has 0 bridgehead atoms. The highest BCUT2D eigenvalue weighted by Crippen LogP contribution is 2.48. The van der Waals surface area contributed by atoms with Crippen LogP contribution in [0.2, 0.25) is 0 Å². The van der Waals surface area contributed by atoms with Crippen LogP contribution in [0.5, 0.6) is 5.75 Å². The fourth-order valence-corrected chi connectivity index (χ4v) is 4.84. The first-order chi connectivity index (χ1) is 14.4. The van der Waals surface area contributed by atoms with E-state index in [4.69, 9.17) is 9.47 Å². The average molecular weight is 431 g/mol. The number of anilines is 1. The lowest BCUT2D eigenvalue weighted by Gasteiger charge is -2.18. The number of nitrogens with one attached hydrogen (secondary N) is 2. The van der Waals surface area contributed by atoms with Gasteiger partial charge in [-0.15, -0.1) is 0 Å². The number of amides is 1. The zero-order valence-corrected chi connectivity index (χ0v) is 17.7. The average Bonchev–Trinajstić information content (AvgIpc) is 3.40. The van der Waals surface area contributed by atoms with Crippen LogP contribution in [0.3, 0.4) is 0 Å². The van der Waals surface area contributed by atoms with E-state index in [1.165, 1.54) is 19.2 Å². The van der Waals surface area contributed by atoms with Crippen LogP contribution in [-0.2, 0) is 25.0 Å². The van der Waals surface area contributed by atoms with Crippen LogP contribution in [0.15, 0.2) is 53.4 Å². The molecule has 4 rings (SSSR count). The maximum atomic E-state index is 12.7. The number of methoxy groups -OCH3 is 1. The largest absolute Gasteiger partial charge is 0.497 e. The first-order valence-corrected chi connectivity index (χ1v) is 11.6.